The summed E-state index contributed by atoms with van der Waals surface area (Å²) in [5, 5.41) is 4.16. The topological polar surface area (TPSA) is 75.3 Å². The van der Waals surface area contributed by atoms with Crippen LogP contribution in [-0.2, 0) is 9.59 Å². The Morgan fingerprint density at radius 1 is 1.18 bits per heavy atom. The molecule has 60 valence electrons. The van der Waals surface area contributed by atoms with Gasteiger partial charge in [0.05, 0.1) is 0 Å². The molecule has 0 unspecified atom stereocenters. The van der Waals surface area contributed by atoms with Gasteiger partial charge in [0.2, 0.25) is 5.78 Å². The van der Waals surface area contributed by atoms with E-state index in [-0.39, 0.29) is 0 Å². The molecule has 1 heterocycles. The standard InChI is InChI=1S/C6H8N2O3/c1-6(2)3(9)4(10)7-5(11)8-6/h1-2H3,(H2,7,8,10,11). The van der Waals surface area contributed by atoms with Crippen molar-refractivity contribution in [3.05, 3.63) is 0 Å². The van der Waals surface area contributed by atoms with Gasteiger partial charge in [-0.3, -0.25) is 14.9 Å². The number of carbonyl (C=O) groups excluding carboxylic acids is 3. The van der Waals surface area contributed by atoms with Gasteiger partial charge in [0.1, 0.15) is 5.54 Å². The first-order chi connectivity index (χ1) is 4.93. The van der Waals surface area contributed by atoms with Gasteiger partial charge in [-0.15, -0.1) is 0 Å². The predicted octanol–water partition coefficient (Wildman–Crippen LogP) is -0.827. The molecule has 0 spiro atoms. The second-order valence-corrected chi connectivity index (χ2v) is 2.86. The summed E-state index contributed by atoms with van der Waals surface area (Å²) < 4.78 is 0. The Bertz CT molecular complexity index is 244. The average Bonchev–Trinajstić information content (AvgIpc) is 1.81. The second kappa shape index (κ2) is 2.05. The minimum absolute atomic E-state index is 0.625. The number of carbonyl (C=O) groups is 3. The van der Waals surface area contributed by atoms with Crippen molar-refractivity contribution < 1.29 is 14.4 Å². The molecule has 1 fully saturated rings. The summed E-state index contributed by atoms with van der Waals surface area (Å²) in [6.45, 7) is 2.96. The number of rotatable bonds is 0. The van der Waals surface area contributed by atoms with Crippen molar-refractivity contribution >= 4 is 17.7 Å². The van der Waals surface area contributed by atoms with Crippen LogP contribution in [0.2, 0.25) is 0 Å². The van der Waals surface area contributed by atoms with Crippen molar-refractivity contribution in [2.75, 3.05) is 0 Å². The molecule has 0 aliphatic carbocycles. The number of ketones is 1. The van der Waals surface area contributed by atoms with E-state index in [0.717, 1.165) is 0 Å². The number of nitrogens with one attached hydrogen (secondary N) is 2. The predicted molar refractivity (Wildman–Crippen MR) is 35.8 cm³/mol. The van der Waals surface area contributed by atoms with E-state index in [0.29, 0.717) is 0 Å². The Labute approximate surface area is 63.1 Å². The van der Waals surface area contributed by atoms with Crippen molar-refractivity contribution in [3.8, 4) is 0 Å². The fourth-order valence-electron chi connectivity index (χ4n) is 0.816. The normalized spacial score (nSPS) is 22.5. The summed E-state index contributed by atoms with van der Waals surface area (Å²) in [5.74, 6) is -1.48. The number of amides is 3. The Balaban J connectivity index is 2.92. The molecule has 5 heteroatoms. The third-order valence-electron chi connectivity index (χ3n) is 1.43. The van der Waals surface area contributed by atoms with Gasteiger partial charge in [-0.05, 0) is 13.8 Å². The molecule has 1 aliphatic rings. The summed E-state index contributed by atoms with van der Waals surface area (Å²) in [6, 6.07) is -0.625. The van der Waals surface area contributed by atoms with Crippen LogP contribution in [-0.4, -0.2) is 23.3 Å². The number of urea groups is 1. The van der Waals surface area contributed by atoms with E-state index in [1.54, 1.807) is 0 Å². The van der Waals surface area contributed by atoms with Crippen LogP contribution < -0.4 is 10.6 Å². The highest BCUT2D eigenvalue weighted by atomic mass is 16.2. The number of Topliss-reactive ketones (excluding diaryl/α,β-unsaturated/α-hetero) is 1. The lowest BCUT2D eigenvalue weighted by Gasteiger charge is -2.27. The second-order valence-electron chi connectivity index (χ2n) is 2.86. The van der Waals surface area contributed by atoms with Crippen molar-refractivity contribution in [3.63, 3.8) is 0 Å². The van der Waals surface area contributed by atoms with Crippen molar-refractivity contribution in [2.24, 2.45) is 0 Å². The van der Waals surface area contributed by atoms with Crippen LogP contribution in [0.3, 0.4) is 0 Å². The van der Waals surface area contributed by atoms with E-state index >= 15 is 0 Å². The van der Waals surface area contributed by atoms with E-state index in [2.05, 4.69) is 5.32 Å². The lowest BCUT2D eigenvalue weighted by atomic mass is 9.97. The number of hydrogen-bond donors (Lipinski definition) is 2. The van der Waals surface area contributed by atoms with E-state index in [9.17, 15) is 14.4 Å². The van der Waals surface area contributed by atoms with E-state index in [1.807, 2.05) is 5.32 Å². The molecule has 0 aromatic rings. The Morgan fingerprint density at radius 2 is 1.73 bits per heavy atom. The summed E-state index contributed by atoms with van der Waals surface area (Å²) in [4.78, 5) is 32.3. The van der Waals surface area contributed by atoms with E-state index in [4.69, 9.17) is 0 Å². The highest BCUT2D eigenvalue weighted by Crippen LogP contribution is 2.06. The maximum absolute atomic E-state index is 11.0. The van der Waals surface area contributed by atoms with Crippen molar-refractivity contribution in [1.29, 1.82) is 0 Å². The minimum atomic E-state index is -1.07. The van der Waals surface area contributed by atoms with Gasteiger partial charge in [0.15, 0.2) is 0 Å². The van der Waals surface area contributed by atoms with Gasteiger partial charge in [-0.1, -0.05) is 0 Å². The zero-order valence-corrected chi connectivity index (χ0v) is 6.22. The average molecular weight is 156 g/mol. The van der Waals surface area contributed by atoms with Crippen LogP contribution >= 0.6 is 0 Å². The molecule has 5 nitrogen and oxygen atoms in total. The lowest BCUT2D eigenvalue weighted by molar-refractivity contribution is -0.141. The molecule has 1 aliphatic heterocycles. The van der Waals surface area contributed by atoms with Crippen LogP contribution in [0.4, 0.5) is 4.79 Å². The number of hydrogen-bond acceptors (Lipinski definition) is 3. The molecule has 0 radical (unpaired) electrons. The molecule has 11 heavy (non-hydrogen) atoms. The van der Waals surface area contributed by atoms with Gasteiger partial charge < -0.3 is 5.32 Å². The van der Waals surface area contributed by atoms with Crippen LogP contribution in [0.15, 0.2) is 0 Å². The fourth-order valence-corrected chi connectivity index (χ4v) is 0.816. The first-order valence-electron chi connectivity index (χ1n) is 3.11. The SMILES string of the molecule is CC1(C)NC(=O)NC(=O)C1=O. The Morgan fingerprint density at radius 3 is 2.18 bits per heavy atom. The van der Waals surface area contributed by atoms with Gasteiger partial charge >= 0.3 is 6.03 Å². The first kappa shape index (κ1) is 7.71. The van der Waals surface area contributed by atoms with Crippen LogP contribution in [0.1, 0.15) is 13.8 Å². The van der Waals surface area contributed by atoms with Crippen LogP contribution in [0.5, 0.6) is 0 Å². The third kappa shape index (κ3) is 1.21. The molecular formula is C6H8N2O3. The fraction of sp³-hybridized carbons (Fsp3) is 0.500. The summed E-state index contributed by atoms with van der Waals surface area (Å²) in [7, 11) is 0. The molecule has 1 rings (SSSR count). The van der Waals surface area contributed by atoms with Crippen molar-refractivity contribution in [2.45, 2.75) is 19.4 Å². The zero-order valence-electron chi connectivity index (χ0n) is 6.22. The maximum atomic E-state index is 11.0. The van der Waals surface area contributed by atoms with Gasteiger partial charge in [0.25, 0.3) is 5.91 Å². The van der Waals surface area contributed by atoms with Crippen molar-refractivity contribution in [1.82, 2.24) is 10.6 Å². The molecule has 0 aromatic carbocycles. The lowest BCUT2D eigenvalue weighted by Crippen LogP contribution is -2.64. The van der Waals surface area contributed by atoms with E-state index in [1.165, 1.54) is 13.8 Å². The zero-order chi connectivity index (χ0) is 8.65. The number of imide groups is 1. The van der Waals surface area contributed by atoms with Gasteiger partial charge in [-0.25, -0.2) is 4.79 Å². The summed E-state index contributed by atoms with van der Waals surface area (Å²) in [6.07, 6.45) is 0. The minimum Gasteiger partial charge on any atom is -0.325 e. The first-order valence-corrected chi connectivity index (χ1v) is 3.11. The molecular weight excluding hydrogens is 148 g/mol. The maximum Gasteiger partial charge on any atom is 0.322 e. The molecule has 0 atom stereocenters. The van der Waals surface area contributed by atoms with Gasteiger partial charge in [-0.2, -0.15) is 0 Å². The molecule has 0 bridgehead atoms. The molecule has 1 saturated heterocycles. The molecule has 3 amide bonds. The Kier molecular flexibility index (Phi) is 1.44. The summed E-state index contributed by atoms with van der Waals surface area (Å²) in [5.41, 5.74) is -1.07. The van der Waals surface area contributed by atoms with E-state index < -0.39 is 23.3 Å². The highest BCUT2D eigenvalue weighted by Gasteiger charge is 2.39. The molecule has 2 N–H and O–H groups in total. The summed E-state index contributed by atoms with van der Waals surface area (Å²) >= 11 is 0. The monoisotopic (exact) mass is 156 g/mol. The largest absolute Gasteiger partial charge is 0.325 e. The molecule has 0 aromatic heterocycles. The Hall–Kier alpha value is -1.39. The quantitative estimate of drug-likeness (QED) is 0.449. The van der Waals surface area contributed by atoms with Crippen LogP contribution in [0, 0.1) is 0 Å². The third-order valence-corrected chi connectivity index (χ3v) is 1.43. The van der Waals surface area contributed by atoms with Crippen LogP contribution in [0.25, 0.3) is 0 Å². The smallest absolute Gasteiger partial charge is 0.322 e. The molecule has 0 saturated carbocycles. The van der Waals surface area contributed by atoms with Gasteiger partial charge in [0, 0.05) is 0 Å². The highest BCUT2D eigenvalue weighted by molar-refractivity contribution is 6.43.